The number of nitrogens with one attached hydrogen (secondary N) is 1. The smallest absolute Gasteiger partial charge is 0.326 e. The van der Waals surface area contributed by atoms with E-state index in [2.05, 4.69) is 5.32 Å². The number of amides is 2. The van der Waals surface area contributed by atoms with Gasteiger partial charge in [0, 0.05) is 20.2 Å². The molecule has 0 spiro atoms. The third-order valence-corrected chi connectivity index (χ3v) is 2.67. The Bertz CT molecular complexity index is 258. The number of rotatable bonds is 9. The number of carboxylic acid groups (broad SMARTS) is 1. The van der Waals surface area contributed by atoms with Gasteiger partial charge in [-0.2, -0.15) is 0 Å². The van der Waals surface area contributed by atoms with Crippen molar-refractivity contribution in [3.63, 3.8) is 0 Å². The molecule has 0 radical (unpaired) electrons. The van der Waals surface area contributed by atoms with Gasteiger partial charge < -0.3 is 20.4 Å². The van der Waals surface area contributed by atoms with Gasteiger partial charge in [0.1, 0.15) is 6.04 Å². The van der Waals surface area contributed by atoms with Crippen molar-refractivity contribution in [3.05, 3.63) is 0 Å². The molecular formula is C12H24N2O4. The van der Waals surface area contributed by atoms with Crippen molar-refractivity contribution in [1.29, 1.82) is 0 Å². The zero-order valence-electron chi connectivity index (χ0n) is 11.2. The molecule has 2 amide bonds. The highest BCUT2D eigenvalue weighted by Gasteiger charge is 2.20. The van der Waals surface area contributed by atoms with Gasteiger partial charge in [-0.3, -0.25) is 0 Å². The lowest BCUT2D eigenvalue weighted by molar-refractivity contribution is -0.139. The Kier molecular flexibility index (Phi) is 9.00. The fourth-order valence-corrected chi connectivity index (χ4v) is 1.54. The second kappa shape index (κ2) is 9.70. The fraction of sp³-hybridized carbons (Fsp3) is 0.833. The Balaban J connectivity index is 4.00. The van der Waals surface area contributed by atoms with Crippen LogP contribution in [0.2, 0.25) is 0 Å². The van der Waals surface area contributed by atoms with Crippen LogP contribution in [0.4, 0.5) is 4.79 Å². The summed E-state index contributed by atoms with van der Waals surface area (Å²) in [7, 11) is 1.64. The maximum Gasteiger partial charge on any atom is 0.326 e. The molecule has 6 heteroatoms. The minimum Gasteiger partial charge on any atom is -0.480 e. The van der Waals surface area contributed by atoms with Crippen LogP contribution < -0.4 is 5.32 Å². The van der Waals surface area contributed by atoms with Crippen molar-refractivity contribution in [3.8, 4) is 0 Å². The molecule has 1 atom stereocenters. The van der Waals surface area contributed by atoms with Crippen molar-refractivity contribution in [2.45, 2.75) is 45.1 Å². The summed E-state index contributed by atoms with van der Waals surface area (Å²) in [6.07, 6.45) is 3.52. The normalized spacial score (nSPS) is 11.9. The summed E-state index contributed by atoms with van der Waals surface area (Å²) < 4.78 is 0. The van der Waals surface area contributed by atoms with Crippen molar-refractivity contribution in [2.75, 3.05) is 20.2 Å². The Morgan fingerprint density at radius 3 is 2.44 bits per heavy atom. The summed E-state index contributed by atoms with van der Waals surface area (Å²) in [5.41, 5.74) is 0. The van der Waals surface area contributed by atoms with Gasteiger partial charge in [0.2, 0.25) is 0 Å². The van der Waals surface area contributed by atoms with Gasteiger partial charge in [-0.15, -0.1) is 0 Å². The monoisotopic (exact) mass is 260 g/mol. The fourth-order valence-electron chi connectivity index (χ4n) is 1.54. The number of aliphatic carboxylic acids is 1. The minimum absolute atomic E-state index is 0.160. The van der Waals surface area contributed by atoms with Crippen molar-refractivity contribution in [2.24, 2.45) is 0 Å². The minimum atomic E-state index is -1.00. The zero-order chi connectivity index (χ0) is 14.0. The van der Waals surface area contributed by atoms with Crippen LogP contribution in [0.15, 0.2) is 0 Å². The van der Waals surface area contributed by atoms with Crippen molar-refractivity contribution >= 4 is 12.0 Å². The number of carbonyl (C=O) groups excluding carboxylic acids is 1. The summed E-state index contributed by atoms with van der Waals surface area (Å²) >= 11 is 0. The van der Waals surface area contributed by atoms with Crippen LogP contribution in [0, 0.1) is 0 Å². The molecule has 0 fully saturated rings. The number of aliphatic hydroxyl groups excluding tert-OH is 1. The average Bonchev–Trinajstić information content (AvgIpc) is 2.33. The standard InChI is InChI=1S/C12H24N2O4/c1-3-7-10(11(16)17)13-12(18)14(2)8-5-4-6-9-15/h10,15H,3-9H2,1-2H3,(H,13,18)(H,16,17)/t10-/m0/s1. The van der Waals surface area contributed by atoms with Crippen LogP contribution in [0.25, 0.3) is 0 Å². The second-order valence-electron chi connectivity index (χ2n) is 4.33. The lowest BCUT2D eigenvalue weighted by atomic mass is 10.2. The molecule has 0 saturated heterocycles. The first-order chi connectivity index (χ1) is 8.52. The van der Waals surface area contributed by atoms with Gasteiger partial charge >= 0.3 is 12.0 Å². The van der Waals surface area contributed by atoms with E-state index in [0.717, 1.165) is 19.3 Å². The lowest BCUT2D eigenvalue weighted by Gasteiger charge is -2.21. The molecule has 0 aromatic carbocycles. The highest BCUT2D eigenvalue weighted by Crippen LogP contribution is 2.00. The SMILES string of the molecule is CCC[C@H](NC(=O)N(C)CCCCCO)C(=O)O. The van der Waals surface area contributed by atoms with Gasteiger partial charge in [-0.05, 0) is 25.7 Å². The molecule has 0 aliphatic carbocycles. The highest BCUT2D eigenvalue weighted by molar-refractivity contribution is 5.82. The number of carbonyl (C=O) groups is 2. The Hall–Kier alpha value is -1.30. The van der Waals surface area contributed by atoms with E-state index in [1.807, 2.05) is 6.92 Å². The molecule has 0 unspecified atom stereocenters. The number of hydrogen-bond acceptors (Lipinski definition) is 3. The first kappa shape index (κ1) is 16.7. The van der Waals surface area contributed by atoms with Crippen molar-refractivity contribution in [1.82, 2.24) is 10.2 Å². The van der Waals surface area contributed by atoms with Gasteiger partial charge in [-0.1, -0.05) is 13.3 Å². The van der Waals surface area contributed by atoms with Gasteiger partial charge in [0.25, 0.3) is 0 Å². The van der Waals surface area contributed by atoms with Crippen LogP contribution in [0.1, 0.15) is 39.0 Å². The maximum atomic E-state index is 11.7. The van der Waals surface area contributed by atoms with Crippen LogP contribution >= 0.6 is 0 Å². The number of aliphatic hydroxyl groups is 1. The Labute approximate surface area is 108 Å². The summed E-state index contributed by atoms with van der Waals surface area (Å²) in [5.74, 6) is -1.00. The number of urea groups is 1. The predicted octanol–water partition coefficient (Wildman–Crippen LogP) is 1.04. The number of carboxylic acids is 1. The Morgan fingerprint density at radius 1 is 1.28 bits per heavy atom. The quantitative estimate of drug-likeness (QED) is 0.540. The molecule has 0 aromatic heterocycles. The summed E-state index contributed by atoms with van der Waals surface area (Å²) in [6, 6.07) is -1.18. The predicted molar refractivity (Wildman–Crippen MR) is 68.4 cm³/mol. The first-order valence-corrected chi connectivity index (χ1v) is 6.38. The molecule has 18 heavy (non-hydrogen) atoms. The van der Waals surface area contributed by atoms with Gasteiger partial charge in [-0.25, -0.2) is 9.59 Å². The third-order valence-electron chi connectivity index (χ3n) is 2.67. The van der Waals surface area contributed by atoms with Crippen molar-refractivity contribution < 1.29 is 19.8 Å². The van der Waals surface area contributed by atoms with E-state index in [1.165, 1.54) is 4.90 Å². The van der Waals surface area contributed by atoms with Crippen LogP contribution in [0.3, 0.4) is 0 Å². The van der Waals surface area contributed by atoms with E-state index in [0.29, 0.717) is 19.4 Å². The van der Waals surface area contributed by atoms with E-state index >= 15 is 0 Å². The molecule has 0 aromatic rings. The van der Waals surface area contributed by atoms with Crippen LogP contribution in [-0.4, -0.2) is 53.4 Å². The van der Waals surface area contributed by atoms with E-state index < -0.39 is 12.0 Å². The van der Waals surface area contributed by atoms with E-state index in [9.17, 15) is 9.59 Å². The zero-order valence-corrected chi connectivity index (χ0v) is 11.2. The van der Waals surface area contributed by atoms with E-state index in [-0.39, 0.29) is 12.6 Å². The summed E-state index contributed by atoms with van der Waals surface area (Å²) in [6.45, 7) is 2.60. The second-order valence-corrected chi connectivity index (χ2v) is 4.33. The molecule has 0 rings (SSSR count). The third kappa shape index (κ3) is 7.11. The molecule has 0 bridgehead atoms. The number of hydrogen-bond donors (Lipinski definition) is 3. The molecule has 6 nitrogen and oxygen atoms in total. The first-order valence-electron chi connectivity index (χ1n) is 6.38. The van der Waals surface area contributed by atoms with E-state index in [1.54, 1.807) is 7.05 Å². The molecule has 0 heterocycles. The highest BCUT2D eigenvalue weighted by atomic mass is 16.4. The average molecular weight is 260 g/mol. The number of nitrogens with zero attached hydrogens (tertiary/aromatic N) is 1. The van der Waals surface area contributed by atoms with Crippen LogP contribution in [0.5, 0.6) is 0 Å². The van der Waals surface area contributed by atoms with Crippen LogP contribution in [-0.2, 0) is 4.79 Å². The van der Waals surface area contributed by atoms with Gasteiger partial charge in [0.15, 0.2) is 0 Å². The molecule has 0 saturated carbocycles. The molecule has 3 N–H and O–H groups in total. The molecule has 0 aliphatic rings. The summed E-state index contributed by atoms with van der Waals surface area (Å²) in [4.78, 5) is 24.1. The molecule has 0 aliphatic heterocycles. The number of unbranched alkanes of at least 4 members (excludes halogenated alkanes) is 2. The lowest BCUT2D eigenvalue weighted by Crippen LogP contribution is -2.46. The summed E-state index contributed by atoms with van der Waals surface area (Å²) in [5, 5.41) is 20.0. The molecular weight excluding hydrogens is 236 g/mol. The van der Waals surface area contributed by atoms with E-state index in [4.69, 9.17) is 10.2 Å². The molecule has 106 valence electrons. The van der Waals surface area contributed by atoms with Gasteiger partial charge in [0.05, 0.1) is 0 Å². The Morgan fingerprint density at radius 2 is 1.94 bits per heavy atom. The largest absolute Gasteiger partial charge is 0.480 e. The topological polar surface area (TPSA) is 89.9 Å². The maximum absolute atomic E-state index is 11.7.